The Labute approximate surface area is 121 Å². The van der Waals surface area contributed by atoms with E-state index >= 15 is 0 Å². The molecule has 0 amide bonds. The predicted octanol–water partition coefficient (Wildman–Crippen LogP) is 3.42. The average Bonchev–Trinajstić information content (AvgIpc) is 2.52. The molecule has 1 aliphatic heterocycles. The van der Waals surface area contributed by atoms with Crippen LogP contribution in [0.15, 0.2) is 42.5 Å². The van der Waals surface area contributed by atoms with E-state index in [1.165, 1.54) is 55.2 Å². The molecule has 1 N–H and O–H groups in total. The maximum atomic E-state index is 3.57. The summed E-state index contributed by atoms with van der Waals surface area (Å²) in [6.45, 7) is 5.83. The SMILES string of the molecule is c1ccc2cc(CNCCN3CCCCC3)ccc2c1. The molecule has 0 unspecified atom stereocenters. The number of nitrogens with one attached hydrogen (secondary N) is 1. The van der Waals surface area contributed by atoms with E-state index in [4.69, 9.17) is 0 Å². The summed E-state index contributed by atoms with van der Waals surface area (Å²) in [5.74, 6) is 0. The van der Waals surface area contributed by atoms with Crippen LogP contribution in [-0.4, -0.2) is 31.1 Å². The van der Waals surface area contributed by atoms with Gasteiger partial charge in [0.1, 0.15) is 0 Å². The minimum absolute atomic E-state index is 0.971. The van der Waals surface area contributed by atoms with E-state index in [9.17, 15) is 0 Å². The molecule has 1 fully saturated rings. The van der Waals surface area contributed by atoms with E-state index < -0.39 is 0 Å². The van der Waals surface area contributed by atoms with Crippen LogP contribution in [0, 0.1) is 0 Å². The topological polar surface area (TPSA) is 15.3 Å². The number of fused-ring (bicyclic) bond motifs is 1. The van der Waals surface area contributed by atoms with Crippen LogP contribution >= 0.6 is 0 Å². The fourth-order valence-electron chi connectivity index (χ4n) is 3.00. The van der Waals surface area contributed by atoms with Gasteiger partial charge in [-0.05, 0) is 48.3 Å². The fourth-order valence-corrected chi connectivity index (χ4v) is 3.00. The summed E-state index contributed by atoms with van der Waals surface area (Å²) in [5, 5.41) is 6.23. The summed E-state index contributed by atoms with van der Waals surface area (Å²) < 4.78 is 0. The Balaban J connectivity index is 1.47. The zero-order valence-electron chi connectivity index (χ0n) is 12.1. The second-order valence-corrected chi connectivity index (χ2v) is 5.76. The molecular weight excluding hydrogens is 244 g/mol. The van der Waals surface area contributed by atoms with Gasteiger partial charge < -0.3 is 10.2 Å². The minimum atomic E-state index is 0.971. The van der Waals surface area contributed by atoms with Gasteiger partial charge in [-0.1, -0.05) is 42.8 Å². The number of nitrogens with zero attached hydrogens (tertiary/aromatic N) is 1. The van der Waals surface area contributed by atoms with Gasteiger partial charge in [-0.15, -0.1) is 0 Å². The van der Waals surface area contributed by atoms with E-state index in [1.807, 2.05) is 0 Å². The Bertz CT molecular complexity index is 544. The first-order valence-corrected chi connectivity index (χ1v) is 7.82. The first kappa shape index (κ1) is 13.6. The van der Waals surface area contributed by atoms with Gasteiger partial charge in [-0.2, -0.15) is 0 Å². The lowest BCUT2D eigenvalue weighted by Gasteiger charge is -2.26. The van der Waals surface area contributed by atoms with Crippen LogP contribution in [0.1, 0.15) is 24.8 Å². The van der Waals surface area contributed by atoms with Crippen molar-refractivity contribution in [1.29, 1.82) is 0 Å². The predicted molar refractivity (Wildman–Crippen MR) is 85.9 cm³/mol. The highest BCUT2D eigenvalue weighted by Crippen LogP contribution is 2.15. The summed E-state index contributed by atoms with van der Waals surface area (Å²) in [6, 6.07) is 15.3. The van der Waals surface area contributed by atoms with Crippen molar-refractivity contribution in [2.45, 2.75) is 25.8 Å². The first-order chi connectivity index (χ1) is 9.92. The molecule has 1 saturated heterocycles. The molecular formula is C18H24N2. The Kier molecular flexibility index (Phi) is 4.67. The zero-order valence-corrected chi connectivity index (χ0v) is 12.1. The number of benzene rings is 2. The molecule has 2 heteroatoms. The van der Waals surface area contributed by atoms with Gasteiger partial charge in [0, 0.05) is 19.6 Å². The smallest absolute Gasteiger partial charge is 0.0206 e. The van der Waals surface area contributed by atoms with Crippen LogP contribution in [0.25, 0.3) is 10.8 Å². The maximum Gasteiger partial charge on any atom is 0.0206 e. The molecule has 0 aliphatic carbocycles. The summed E-state index contributed by atoms with van der Waals surface area (Å²) in [6.07, 6.45) is 4.18. The van der Waals surface area contributed by atoms with Crippen molar-refractivity contribution in [2.75, 3.05) is 26.2 Å². The zero-order chi connectivity index (χ0) is 13.6. The van der Waals surface area contributed by atoms with Crippen LogP contribution in [0.2, 0.25) is 0 Å². The minimum Gasteiger partial charge on any atom is -0.311 e. The quantitative estimate of drug-likeness (QED) is 0.836. The largest absolute Gasteiger partial charge is 0.311 e. The van der Waals surface area contributed by atoms with Crippen molar-refractivity contribution in [2.24, 2.45) is 0 Å². The molecule has 2 aromatic carbocycles. The summed E-state index contributed by atoms with van der Waals surface area (Å²) in [7, 11) is 0. The molecule has 2 aromatic rings. The van der Waals surface area contributed by atoms with E-state index in [0.29, 0.717) is 0 Å². The lowest BCUT2D eigenvalue weighted by molar-refractivity contribution is 0.229. The Morgan fingerprint density at radius 2 is 1.70 bits per heavy atom. The molecule has 20 heavy (non-hydrogen) atoms. The second-order valence-electron chi connectivity index (χ2n) is 5.76. The van der Waals surface area contributed by atoms with E-state index in [-0.39, 0.29) is 0 Å². The van der Waals surface area contributed by atoms with Crippen molar-refractivity contribution in [3.63, 3.8) is 0 Å². The van der Waals surface area contributed by atoms with E-state index in [1.54, 1.807) is 0 Å². The molecule has 0 radical (unpaired) electrons. The summed E-state index contributed by atoms with van der Waals surface area (Å²) >= 11 is 0. The van der Waals surface area contributed by atoms with Crippen molar-refractivity contribution >= 4 is 10.8 Å². The normalized spacial score (nSPS) is 16.6. The van der Waals surface area contributed by atoms with Gasteiger partial charge in [-0.3, -0.25) is 0 Å². The van der Waals surface area contributed by atoms with E-state index in [0.717, 1.165) is 13.1 Å². The van der Waals surface area contributed by atoms with Crippen LogP contribution in [0.4, 0.5) is 0 Å². The Morgan fingerprint density at radius 1 is 0.900 bits per heavy atom. The Morgan fingerprint density at radius 3 is 2.55 bits per heavy atom. The van der Waals surface area contributed by atoms with Gasteiger partial charge in [0.05, 0.1) is 0 Å². The molecule has 0 saturated carbocycles. The third-order valence-electron chi connectivity index (χ3n) is 4.20. The standard InChI is InChI=1S/C18H24N2/c1-4-11-20(12-5-1)13-10-19-15-16-8-9-17-6-2-3-7-18(17)14-16/h2-3,6-9,14,19H,1,4-5,10-13,15H2. The lowest BCUT2D eigenvalue weighted by atomic mass is 10.1. The van der Waals surface area contributed by atoms with Crippen LogP contribution in [-0.2, 0) is 6.54 Å². The third kappa shape index (κ3) is 3.59. The number of hydrogen-bond donors (Lipinski definition) is 1. The van der Waals surface area contributed by atoms with Gasteiger partial charge in [0.25, 0.3) is 0 Å². The van der Waals surface area contributed by atoms with Crippen LogP contribution < -0.4 is 5.32 Å². The molecule has 3 rings (SSSR count). The Hall–Kier alpha value is -1.38. The van der Waals surface area contributed by atoms with Crippen molar-refractivity contribution in [3.05, 3.63) is 48.0 Å². The van der Waals surface area contributed by atoms with Crippen molar-refractivity contribution in [1.82, 2.24) is 10.2 Å². The van der Waals surface area contributed by atoms with Gasteiger partial charge in [0.2, 0.25) is 0 Å². The first-order valence-electron chi connectivity index (χ1n) is 7.82. The van der Waals surface area contributed by atoms with Crippen LogP contribution in [0.3, 0.4) is 0 Å². The molecule has 1 heterocycles. The molecule has 106 valence electrons. The molecule has 0 spiro atoms. The maximum absolute atomic E-state index is 3.57. The molecule has 0 aromatic heterocycles. The number of rotatable bonds is 5. The van der Waals surface area contributed by atoms with Crippen LogP contribution in [0.5, 0.6) is 0 Å². The number of hydrogen-bond acceptors (Lipinski definition) is 2. The third-order valence-corrected chi connectivity index (χ3v) is 4.20. The average molecular weight is 268 g/mol. The monoisotopic (exact) mass is 268 g/mol. The summed E-state index contributed by atoms with van der Waals surface area (Å²) in [5.41, 5.74) is 1.38. The van der Waals surface area contributed by atoms with Gasteiger partial charge >= 0.3 is 0 Å². The second kappa shape index (κ2) is 6.87. The highest BCUT2D eigenvalue weighted by molar-refractivity contribution is 5.82. The summed E-state index contributed by atoms with van der Waals surface area (Å²) in [4.78, 5) is 2.58. The molecule has 1 aliphatic rings. The fraction of sp³-hybridized carbons (Fsp3) is 0.444. The lowest BCUT2D eigenvalue weighted by Crippen LogP contribution is -2.35. The molecule has 0 atom stereocenters. The highest BCUT2D eigenvalue weighted by Gasteiger charge is 2.08. The molecule has 2 nitrogen and oxygen atoms in total. The van der Waals surface area contributed by atoms with Gasteiger partial charge in [-0.25, -0.2) is 0 Å². The van der Waals surface area contributed by atoms with Gasteiger partial charge in [0.15, 0.2) is 0 Å². The van der Waals surface area contributed by atoms with E-state index in [2.05, 4.69) is 52.7 Å². The molecule has 0 bridgehead atoms. The van der Waals surface area contributed by atoms with Crippen molar-refractivity contribution < 1.29 is 0 Å². The highest BCUT2D eigenvalue weighted by atomic mass is 15.1. The number of likely N-dealkylation sites (tertiary alicyclic amines) is 1. The number of piperidine rings is 1. The van der Waals surface area contributed by atoms with Crippen molar-refractivity contribution in [3.8, 4) is 0 Å².